The van der Waals surface area contributed by atoms with Gasteiger partial charge >= 0.3 is 5.97 Å². The zero-order chi connectivity index (χ0) is 13.1. The smallest absolute Gasteiger partial charge is 0.335 e. The second kappa shape index (κ2) is 9.38. The summed E-state index contributed by atoms with van der Waals surface area (Å²) in [6, 6.07) is 6.06. The van der Waals surface area contributed by atoms with Crippen molar-refractivity contribution >= 4 is 11.7 Å². The number of rotatable bonds is 5. The number of hydrogen-bond donors (Lipinski definition) is 3. The first-order valence-corrected chi connectivity index (χ1v) is 5.00. The Balaban J connectivity index is 0.000000325. The van der Waals surface area contributed by atoms with Crippen molar-refractivity contribution in [2.45, 2.75) is 0 Å². The maximum atomic E-state index is 10.3. The van der Waals surface area contributed by atoms with Crippen molar-refractivity contribution in [3.8, 4) is 0 Å². The first-order valence-electron chi connectivity index (χ1n) is 5.00. The van der Waals surface area contributed by atoms with E-state index in [1.54, 1.807) is 18.2 Å². The Kier molecular flexibility index (Phi) is 8.36. The number of carboxylic acid groups (broad SMARTS) is 1. The molecule has 94 valence electrons. The number of aliphatic hydroxyl groups is 1. The Morgan fingerprint density at radius 1 is 1.41 bits per heavy atom. The molecule has 0 aliphatic carbocycles. The van der Waals surface area contributed by atoms with E-state index in [1.165, 1.54) is 12.1 Å². The Labute approximate surface area is 100 Å². The Hall–Kier alpha value is -1.85. The molecule has 0 aromatic heterocycles. The number of nitrogen functional groups attached to an aromatic ring is 1. The Morgan fingerprint density at radius 2 is 2.00 bits per heavy atom. The summed E-state index contributed by atoms with van der Waals surface area (Å²) in [5.41, 5.74) is 6.17. The van der Waals surface area contributed by atoms with Gasteiger partial charge in [0.05, 0.1) is 25.4 Å². The number of carboxylic acids is 1. The van der Waals surface area contributed by atoms with Crippen LogP contribution in [0.25, 0.3) is 0 Å². The molecular weight excluding hydrogens is 222 g/mol. The van der Waals surface area contributed by atoms with Crippen molar-refractivity contribution in [2.75, 3.05) is 25.6 Å². The van der Waals surface area contributed by atoms with Crippen LogP contribution in [-0.2, 0) is 4.74 Å². The fourth-order valence-electron chi connectivity index (χ4n) is 0.857. The monoisotopic (exact) mass is 239 g/mol. The summed E-state index contributed by atoms with van der Waals surface area (Å²) in [5, 5.41) is 16.6. The van der Waals surface area contributed by atoms with Gasteiger partial charge in [0.2, 0.25) is 0 Å². The van der Waals surface area contributed by atoms with Crippen LogP contribution in [0.2, 0.25) is 0 Å². The number of carbonyl (C=O) groups is 1. The van der Waals surface area contributed by atoms with E-state index in [0.29, 0.717) is 18.9 Å². The molecule has 4 N–H and O–H groups in total. The van der Waals surface area contributed by atoms with Gasteiger partial charge in [-0.15, -0.1) is 6.58 Å². The minimum atomic E-state index is -0.931. The molecule has 5 heteroatoms. The molecule has 1 aromatic carbocycles. The molecule has 0 aliphatic rings. The van der Waals surface area contributed by atoms with Crippen LogP contribution in [0.4, 0.5) is 5.69 Å². The lowest BCUT2D eigenvalue weighted by Gasteiger charge is -1.93. The molecular formula is C12H17NO4. The van der Waals surface area contributed by atoms with E-state index in [-0.39, 0.29) is 12.2 Å². The normalized spacial score (nSPS) is 9.00. The summed E-state index contributed by atoms with van der Waals surface area (Å²) in [7, 11) is 0. The number of nitrogens with two attached hydrogens (primary N) is 1. The third-order valence-electron chi connectivity index (χ3n) is 1.63. The first-order chi connectivity index (χ1) is 8.11. The molecule has 0 unspecified atom stereocenters. The van der Waals surface area contributed by atoms with Gasteiger partial charge in [-0.3, -0.25) is 0 Å². The van der Waals surface area contributed by atoms with Crippen molar-refractivity contribution in [3.63, 3.8) is 0 Å². The van der Waals surface area contributed by atoms with E-state index in [0.717, 1.165) is 0 Å². The predicted octanol–water partition coefficient (Wildman–Crippen LogP) is 1.15. The zero-order valence-electron chi connectivity index (χ0n) is 9.50. The minimum Gasteiger partial charge on any atom is -0.478 e. The van der Waals surface area contributed by atoms with Crippen molar-refractivity contribution in [1.82, 2.24) is 0 Å². The minimum absolute atomic E-state index is 0.0911. The molecule has 5 nitrogen and oxygen atoms in total. The van der Waals surface area contributed by atoms with E-state index in [1.807, 2.05) is 0 Å². The lowest BCUT2D eigenvalue weighted by atomic mass is 10.2. The van der Waals surface area contributed by atoms with Crippen LogP contribution in [0.15, 0.2) is 36.9 Å². The molecule has 0 spiro atoms. The third kappa shape index (κ3) is 8.01. The van der Waals surface area contributed by atoms with Gasteiger partial charge < -0.3 is 20.7 Å². The molecule has 0 heterocycles. The van der Waals surface area contributed by atoms with Crippen LogP contribution in [0.5, 0.6) is 0 Å². The molecule has 1 rings (SSSR count). The van der Waals surface area contributed by atoms with Crippen LogP contribution in [0, 0.1) is 0 Å². The third-order valence-corrected chi connectivity index (χ3v) is 1.63. The highest BCUT2D eigenvalue weighted by atomic mass is 16.5. The highest BCUT2D eigenvalue weighted by molar-refractivity contribution is 5.87. The topological polar surface area (TPSA) is 92.8 Å². The van der Waals surface area contributed by atoms with Crippen LogP contribution in [-0.4, -0.2) is 36.0 Å². The van der Waals surface area contributed by atoms with Gasteiger partial charge in [-0.05, 0) is 24.3 Å². The summed E-state index contributed by atoms with van der Waals surface area (Å²) in [4.78, 5) is 10.3. The Morgan fingerprint density at radius 3 is 2.41 bits per heavy atom. The molecule has 0 amide bonds. The van der Waals surface area contributed by atoms with Crippen molar-refractivity contribution in [3.05, 3.63) is 42.5 Å². The van der Waals surface area contributed by atoms with Gasteiger partial charge in [0.1, 0.15) is 0 Å². The lowest BCUT2D eigenvalue weighted by molar-refractivity contribution is 0.0697. The number of benzene rings is 1. The molecule has 0 aliphatic heterocycles. The number of ether oxygens (including phenoxy) is 1. The Bertz CT molecular complexity index is 335. The number of aromatic carboxylic acids is 1. The van der Waals surface area contributed by atoms with Gasteiger partial charge in [-0.1, -0.05) is 6.08 Å². The van der Waals surface area contributed by atoms with Gasteiger partial charge in [0, 0.05) is 5.69 Å². The van der Waals surface area contributed by atoms with Crippen LogP contribution in [0.3, 0.4) is 0 Å². The fraction of sp³-hybridized carbons (Fsp3) is 0.250. The molecule has 0 fully saturated rings. The quantitative estimate of drug-likeness (QED) is 0.407. The summed E-state index contributed by atoms with van der Waals surface area (Å²) in [6.45, 7) is 4.45. The summed E-state index contributed by atoms with van der Waals surface area (Å²) < 4.78 is 4.76. The second-order valence-corrected chi connectivity index (χ2v) is 3.01. The van der Waals surface area contributed by atoms with Crippen molar-refractivity contribution in [1.29, 1.82) is 0 Å². The second-order valence-electron chi connectivity index (χ2n) is 3.01. The molecule has 0 bridgehead atoms. The maximum absolute atomic E-state index is 10.3. The summed E-state index contributed by atoms with van der Waals surface area (Å²) in [6.07, 6.45) is 1.65. The molecule has 17 heavy (non-hydrogen) atoms. The fourth-order valence-corrected chi connectivity index (χ4v) is 0.857. The van der Waals surface area contributed by atoms with Gasteiger partial charge in [-0.2, -0.15) is 0 Å². The highest BCUT2D eigenvalue weighted by Gasteiger charge is 1.98. The summed E-state index contributed by atoms with van der Waals surface area (Å²) >= 11 is 0. The van der Waals surface area contributed by atoms with Gasteiger partial charge in [-0.25, -0.2) is 4.79 Å². The van der Waals surface area contributed by atoms with Gasteiger partial charge in [0.25, 0.3) is 0 Å². The number of aliphatic hydroxyl groups excluding tert-OH is 1. The van der Waals surface area contributed by atoms with E-state index >= 15 is 0 Å². The molecule has 0 atom stereocenters. The molecule has 0 radical (unpaired) electrons. The molecule has 1 aromatic rings. The van der Waals surface area contributed by atoms with E-state index in [4.69, 9.17) is 20.7 Å². The van der Waals surface area contributed by atoms with E-state index in [9.17, 15) is 4.79 Å². The average Bonchev–Trinajstić information content (AvgIpc) is 2.31. The average molecular weight is 239 g/mol. The van der Waals surface area contributed by atoms with Crippen LogP contribution >= 0.6 is 0 Å². The number of hydrogen-bond acceptors (Lipinski definition) is 4. The van der Waals surface area contributed by atoms with Crippen molar-refractivity contribution in [2.24, 2.45) is 0 Å². The lowest BCUT2D eigenvalue weighted by Crippen LogP contribution is -1.97. The number of anilines is 1. The van der Waals surface area contributed by atoms with Crippen molar-refractivity contribution < 1.29 is 19.7 Å². The van der Waals surface area contributed by atoms with E-state index < -0.39 is 5.97 Å². The van der Waals surface area contributed by atoms with Crippen LogP contribution in [0.1, 0.15) is 10.4 Å². The zero-order valence-corrected chi connectivity index (χ0v) is 9.50. The highest BCUT2D eigenvalue weighted by Crippen LogP contribution is 2.04. The van der Waals surface area contributed by atoms with Gasteiger partial charge in [0.15, 0.2) is 0 Å². The summed E-state index contributed by atoms with van der Waals surface area (Å²) in [5.74, 6) is -0.931. The molecule has 0 saturated carbocycles. The standard InChI is InChI=1S/C7H7NO2.C5H10O2/c8-6-3-1-5(2-4-6)7(9)10;1-2-4-7-5-3-6/h1-4H,8H2,(H,9,10);2,6H,1,3-5H2. The van der Waals surface area contributed by atoms with E-state index in [2.05, 4.69) is 6.58 Å². The largest absolute Gasteiger partial charge is 0.478 e. The van der Waals surface area contributed by atoms with Crippen LogP contribution < -0.4 is 5.73 Å². The maximum Gasteiger partial charge on any atom is 0.335 e. The molecule has 0 saturated heterocycles. The SMILES string of the molecule is C=CCOCCO.Nc1ccc(C(=O)O)cc1. The first kappa shape index (κ1) is 15.2. The predicted molar refractivity (Wildman–Crippen MR) is 65.9 cm³/mol.